The molecule has 1 aliphatic heterocycles. The molecule has 2 heterocycles. The first-order chi connectivity index (χ1) is 13.9. The number of ether oxygens (including phenoxy) is 2. The maximum atomic E-state index is 12.5. The zero-order valence-corrected chi connectivity index (χ0v) is 17.2. The number of alkyl carbamates (subject to hydrolysis) is 1. The summed E-state index contributed by atoms with van der Waals surface area (Å²) in [5.41, 5.74) is 0.405. The molecule has 0 aliphatic carbocycles. The van der Waals surface area contributed by atoms with Gasteiger partial charge in [-0.05, 0) is 39.0 Å². The van der Waals surface area contributed by atoms with E-state index >= 15 is 0 Å². The Labute approximate surface area is 173 Å². The molecule has 0 spiro atoms. The number of carbonyl (C=O) groups excluding carboxylic acids is 2. The van der Waals surface area contributed by atoms with Crippen molar-refractivity contribution in [2.75, 3.05) is 13.1 Å². The van der Waals surface area contributed by atoms with E-state index in [9.17, 15) is 22.8 Å². The quantitative estimate of drug-likeness (QED) is 0.772. The molecule has 10 heteroatoms. The number of piperidine rings is 1. The third kappa shape index (κ3) is 6.93. The van der Waals surface area contributed by atoms with Gasteiger partial charge in [-0.2, -0.15) is 13.2 Å². The second-order valence-electron chi connectivity index (χ2n) is 7.85. The predicted octanol–water partition coefficient (Wildman–Crippen LogP) is 3.68. The molecule has 2 amide bonds. The zero-order chi connectivity index (χ0) is 22.5. The fourth-order valence-corrected chi connectivity index (χ4v) is 2.86. The van der Waals surface area contributed by atoms with E-state index in [4.69, 9.17) is 9.47 Å². The highest BCUT2D eigenvalue weighted by atomic mass is 19.4. The summed E-state index contributed by atoms with van der Waals surface area (Å²) in [6, 6.07) is 3.34. The van der Waals surface area contributed by atoms with Gasteiger partial charge < -0.3 is 19.7 Å². The molecule has 1 aromatic heterocycles. The summed E-state index contributed by atoms with van der Waals surface area (Å²) >= 11 is 0. The molecular formula is C20H26F3N3O4. The van der Waals surface area contributed by atoms with Gasteiger partial charge in [-0.15, -0.1) is 0 Å². The van der Waals surface area contributed by atoms with Crippen molar-refractivity contribution in [3.05, 3.63) is 30.1 Å². The van der Waals surface area contributed by atoms with Crippen molar-refractivity contribution in [1.29, 1.82) is 0 Å². The van der Waals surface area contributed by atoms with Gasteiger partial charge in [0.1, 0.15) is 23.1 Å². The molecular weight excluding hydrogens is 403 g/mol. The largest absolute Gasteiger partial charge is 0.488 e. The van der Waals surface area contributed by atoms with Gasteiger partial charge in [-0.25, -0.2) is 9.78 Å². The molecule has 0 atom stereocenters. The lowest BCUT2D eigenvalue weighted by atomic mass is 10.1. The monoisotopic (exact) mass is 429 g/mol. The highest BCUT2D eigenvalue weighted by Gasteiger charge is 2.43. The zero-order valence-electron chi connectivity index (χ0n) is 17.2. The van der Waals surface area contributed by atoms with Gasteiger partial charge in [-0.1, -0.05) is 6.58 Å². The number of hydrogen-bond acceptors (Lipinski definition) is 5. The summed E-state index contributed by atoms with van der Waals surface area (Å²) in [6.07, 6.45) is -3.72. The van der Waals surface area contributed by atoms with Crippen molar-refractivity contribution >= 4 is 18.1 Å². The smallest absolute Gasteiger partial charge is 0.471 e. The van der Waals surface area contributed by atoms with E-state index in [0.717, 1.165) is 4.90 Å². The van der Waals surface area contributed by atoms with Crippen LogP contribution in [-0.4, -0.2) is 52.9 Å². The number of rotatable bonds is 5. The average molecular weight is 429 g/mol. The lowest BCUT2D eigenvalue weighted by Gasteiger charge is -2.32. The number of carbonyl (C=O) groups is 2. The lowest BCUT2D eigenvalue weighted by molar-refractivity contribution is -0.187. The lowest BCUT2D eigenvalue weighted by Crippen LogP contribution is -2.47. The molecule has 2 rings (SSSR count). The molecule has 1 aliphatic rings. The summed E-state index contributed by atoms with van der Waals surface area (Å²) in [4.78, 5) is 28.2. The number of nitrogens with zero attached hydrogens (tertiary/aromatic N) is 2. The first kappa shape index (κ1) is 23.5. The Morgan fingerprint density at radius 3 is 2.43 bits per heavy atom. The van der Waals surface area contributed by atoms with E-state index in [1.165, 1.54) is 6.08 Å². The number of alkyl halides is 3. The number of nitrogens with one attached hydrogen (secondary N) is 1. The summed E-state index contributed by atoms with van der Waals surface area (Å²) in [6.45, 7) is 9.07. The van der Waals surface area contributed by atoms with Crippen LogP contribution in [0.5, 0.6) is 5.75 Å². The van der Waals surface area contributed by atoms with E-state index in [1.807, 2.05) is 0 Å². The number of hydrogen-bond donors (Lipinski definition) is 1. The van der Waals surface area contributed by atoms with Gasteiger partial charge in [-0.3, -0.25) is 4.79 Å². The Morgan fingerprint density at radius 2 is 1.90 bits per heavy atom. The number of likely N-dealkylation sites (tertiary alicyclic amines) is 1. The van der Waals surface area contributed by atoms with Gasteiger partial charge >= 0.3 is 18.2 Å². The molecule has 1 aromatic rings. The molecule has 0 radical (unpaired) electrons. The van der Waals surface area contributed by atoms with Crippen LogP contribution in [0.4, 0.5) is 18.0 Å². The van der Waals surface area contributed by atoms with Crippen LogP contribution in [0, 0.1) is 0 Å². The van der Waals surface area contributed by atoms with Crippen molar-refractivity contribution in [2.24, 2.45) is 0 Å². The van der Waals surface area contributed by atoms with Crippen LogP contribution in [0.15, 0.2) is 18.7 Å². The molecule has 1 saturated heterocycles. The van der Waals surface area contributed by atoms with Crippen LogP contribution in [0.3, 0.4) is 0 Å². The SMILES string of the molecule is C=Cc1nc(CNC(=O)OC(C)(C)C)ccc1OC1CCN(C(=O)C(F)(F)F)CC1. The number of aromatic nitrogens is 1. The average Bonchev–Trinajstić information content (AvgIpc) is 2.65. The minimum atomic E-state index is -4.86. The Morgan fingerprint density at radius 1 is 1.27 bits per heavy atom. The summed E-state index contributed by atoms with van der Waals surface area (Å²) < 4.78 is 48.6. The van der Waals surface area contributed by atoms with Gasteiger partial charge in [0.25, 0.3) is 0 Å². The van der Waals surface area contributed by atoms with Gasteiger partial charge in [0.15, 0.2) is 0 Å². The maximum Gasteiger partial charge on any atom is 0.471 e. The maximum absolute atomic E-state index is 12.5. The molecule has 7 nitrogen and oxygen atoms in total. The Hall–Kier alpha value is -2.78. The molecule has 0 saturated carbocycles. The van der Waals surface area contributed by atoms with Gasteiger partial charge in [0, 0.05) is 25.9 Å². The van der Waals surface area contributed by atoms with E-state index in [0.29, 0.717) is 17.1 Å². The number of halogens is 3. The molecule has 0 aromatic carbocycles. The molecule has 1 fully saturated rings. The first-order valence-electron chi connectivity index (χ1n) is 9.51. The van der Waals surface area contributed by atoms with Crippen molar-refractivity contribution in [1.82, 2.24) is 15.2 Å². The van der Waals surface area contributed by atoms with Crippen LogP contribution >= 0.6 is 0 Å². The van der Waals surface area contributed by atoms with Crippen molar-refractivity contribution in [3.8, 4) is 5.75 Å². The standard InChI is InChI=1S/C20H26F3N3O4/c1-5-15-16(7-6-13(25-15)12-24-18(28)30-19(2,3)4)29-14-8-10-26(11-9-14)17(27)20(21,22)23/h5-7,14H,1,8-12H2,2-4H3,(H,24,28). The van der Waals surface area contributed by atoms with Crippen LogP contribution in [0.1, 0.15) is 45.0 Å². The first-order valence-corrected chi connectivity index (χ1v) is 9.51. The van der Waals surface area contributed by atoms with Crippen LogP contribution < -0.4 is 10.1 Å². The fourth-order valence-electron chi connectivity index (χ4n) is 2.86. The summed E-state index contributed by atoms with van der Waals surface area (Å²) in [5, 5.41) is 2.61. The van der Waals surface area contributed by atoms with Crippen molar-refractivity contribution < 1.29 is 32.2 Å². The Balaban J connectivity index is 1.92. The van der Waals surface area contributed by atoms with Crippen LogP contribution in [0.25, 0.3) is 6.08 Å². The highest BCUT2D eigenvalue weighted by molar-refractivity contribution is 5.81. The Kier molecular flexibility index (Phi) is 7.33. The molecule has 30 heavy (non-hydrogen) atoms. The minimum absolute atomic E-state index is 0.0300. The van der Waals surface area contributed by atoms with E-state index in [1.54, 1.807) is 32.9 Å². The molecule has 0 bridgehead atoms. The second-order valence-corrected chi connectivity index (χ2v) is 7.85. The fraction of sp³-hybridized carbons (Fsp3) is 0.550. The third-order valence-electron chi connectivity index (χ3n) is 4.22. The predicted molar refractivity (Wildman–Crippen MR) is 104 cm³/mol. The normalized spacial score (nSPS) is 15.5. The third-order valence-corrected chi connectivity index (χ3v) is 4.22. The minimum Gasteiger partial charge on any atom is -0.488 e. The van der Waals surface area contributed by atoms with E-state index < -0.39 is 23.8 Å². The van der Waals surface area contributed by atoms with Crippen LogP contribution in [-0.2, 0) is 16.1 Å². The Bertz CT molecular complexity index is 782. The highest BCUT2D eigenvalue weighted by Crippen LogP contribution is 2.26. The number of pyridine rings is 1. The van der Waals surface area contributed by atoms with E-state index in [-0.39, 0.29) is 38.6 Å². The van der Waals surface area contributed by atoms with E-state index in [2.05, 4.69) is 16.9 Å². The van der Waals surface area contributed by atoms with Crippen molar-refractivity contribution in [3.63, 3.8) is 0 Å². The van der Waals surface area contributed by atoms with Crippen molar-refractivity contribution in [2.45, 2.75) is 58.0 Å². The summed E-state index contributed by atoms with van der Waals surface area (Å²) in [5.74, 6) is -1.39. The topological polar surface area (TPSA) is 80.8 Å². The molecule has 166 valence electrons. The summed E-state index contributed by atoms with van der Waals surface area (Å²) in [7, 11) is 0. The molecule has 1 N–H and O–H groups in total. The van der Waals surface area contributed by atoms with Gasteiger partial charge in [0.2, 0.25) is 0 Å². The van der Waals surface area contributed by atoms with Crippen LogP contribution in [0.2, 0.25) is 0 Å². The molecule has 0 unspecified atom stereocenters. The van der Waals surface area contributed by atoms with Gasteiger partial charge in [0.05, 0.1) is 12.2 Å². The number of amides is 2. The second kappa shape index (κ2) is 9.36.